The van der Waals surface area contributed by atoms with Crippen LogP contribution in [0, 0.1) is 6.92 Å². The summed E-state index contributed by atoms with van der Waals surface area (Å²) in [6.07, 6.45) is 5.43. The molecule has 1 amide bonds. The molecular weight excluding hydrogens is 544 g/mol. The number of anilines is 1. The predicted octanol–water partition coefficient (Wildman–Crippen LogP) is 6.55. The molecule has 0 aliphatic heterocycles. The molecule has 220 valence electrons. The van der Waals surface area contributed by atoms with Gasteiger partial charge in [-0.25, -0.2) is 18.1 Å². The second-order valence-electron chi connectivity index (χ2n) is 12.1. The molecule has 4 aromatic rings. The van der Waals surface area contributed by atoms with Crippen LogP contribution in [-0.4, -0.2) is 23.9 Å². The van der Waals surface area contributed by atoms with Crippen LogP contribution in [-0.2, 0) is 33.8 Å². The van der Waals surface area contributed by atoms with Crippen LogP contribution >= 0.6 is 0 Å². The Bertz CT molecular complexity index is 1680. The van der Waals surface area contributed by atoms with Gasteiger partial charge in [-0.1, -0.05) is 69.3 Å². The number of nitrogens with one attached hydrogen (secondary N) is 1. The van der Waals surface area contributed by atoms with E-state index < -0.39 is 16.1 Å². The van der Waals surface area contributed by atoms with Crippen molar-refractivity contribution in [1.29, 1.82) is 0 Å². The zero-order chi connectivity index (χ0) is 30.1. The molecule has 8 heteroatoms. The van der Waals surface area contributed by atoms with Gasteiger partial charge in [-0.15, -0.1) is 0 Å². The lowest BCUT2D eigenvalue weighted by Crippen LogP contribution is -2.37. The third-order valence-electron chi connectivity index (χ3n) is 8.48. The van der Waals surface area contributed by atoms with Gasteiger partial charge in [-0.3, -0.25) is 4.79 Å². The lowest BCUT2D eigenvalue weighted by molar-refractivity contribution is -0.119. The number of imidazole rings is 1. The molecule has 1 aromatic heterocycles. The first-order valence-electron chi connectivity index (χ1n) is 14.5. The Kier molecular flexibility index (Phi) is 8.39. The fraction of sp³-hybridized carbons (Fsp3) is 0.353. The third-order valence-corrected chi connectivity index (χ3v) is 9.95. The van der Waals surface area contributed by atoms with Crippen molar-refractivity contribution in [3.05, 3.63) is 113 Å². The van der Waals surface area contributed by atoms with Crippen LogP contribution in [0.3, 0.4) is 0 Å². The van der Waals surface area contributed by atoms with Crippen LogP contribution < -0.4 is 9.62 Å². The average molecular weight is 585 g/mol. The summed E-state index contributed by atoms with van der Waals surface area (Å²) in [5, 5.41) is 0. The van der Waals surface area contributed by atoms with Crippen molar-refractivity contribution in [2.45, 2.75) is 75.8 Å². The van der Waals surface area contributed by atoms with Gasteiger partial charge < -0.3 is 9.47 Å². The average Bonchev–Trinajstić information content (AvgIpc) is 3.37. The van der Waals surface area contributed by atoms with E-state index in [9.17, 15) is 13.2 Å². The molecule has 7 nitrogen and oxygen atoms in total. The van der Waals surface area contributed by atoms with E-state index in [0.717, 1.165) is 40.2 Å². The molecule has 0 bridgehead atoms. The fourth-order valence-corrected chi connectivity index (χ4v) is 7.22. The highest BCUT2D eigenvalue weighted by atomic mass is 32.2. The summed E-state index contributed by atoms with van der Waals surface area (Å²) in [4.78, 5) is 20.5. The van der Waals surface area contributed by atoms with E-state index in [1.807, 2.05) is 73.3 Å². The molecule has 42 heavy (non-hydrogen) atoms. The number of sulfonamides is 1. The largest absolute Gasteiger partial charge is 0.337 e. The smallest absolute Gasteiger partial charge is 0.241 e. The molecule has 0 radical (unpaired) electrons. The minimum Gasteiger partial charge on any atom is -0.337 e. The summed E-state index contributed by atoms with van der Waals surface area (Å²) in [6, 6.07) is 22.7. The first kappa shape index (κ1) is 29.7. The molecule has 3 aromatic carbocycles. The quantitative estimate of drug-likeness (QED) is 0.242. The molecule has 1 aliphatic rings. The molecular formula is C34H40N4O3S. The number of nitrogens with zero attached hydrogens (tertiary/aromatic N) is 3. The number of benzene rings is 3. The van der Waals surface area contributed by atoms with Crippen LogP contribution in [0.1, 0.15) is 80.1 Å². The zero-order valence-electron chi connectivity index (χ0n) is 25.0. The highest BCUT2D eigenvalue weighted by molar-refractivity contribution is 7.89. The van der Waals surface area contributed by atoms with Crippen molar-refractivity contribution < 1.29 is 13.2 Å². The summed E-state index contributed by atoms with van der Waals surface area (Å²) in [5.41, 5.74) is 4.61. The lowest BCUT2D eigenvalue weighted by atomic mass is 9.71. The predicted molar refractivity (Wildman–Crippen MR) is 167 cm³/mol. The van der Waals surface area contributed by atoms with Gasteiger partial charge in [-0.2, -0.15) is 0 Å². The Morgan fingerprint density at radius 3 is 2.55 bits per heavy atom. The molecule has 1 heterocycles. The van der Waals surface area contributed by atoms with E-state index in [4.69, 9.17) is 0 Å². The molecule has 1 aliphatic carbocycles. The van der Waals surface area contributed by atoms with E-state index in [1.54, 1.807) is 29.3 Å². The second kappa shape index (κ2) is 11.9. The van der Waals surface area contributed by atoms with Gasteiger partial charge in [0.05, 0.1) is 11.4 Å². The number of carbonyl (C=O) groups excluding carboxylic acids is 1. The molecule has 0 spiro atoms. The van der Waals surface area contributed by atoms with Crippen molar-refractivity contribution in [1.82, 2.24) is 14.3 Å². The van der Waals surface area contributed by atoms with Gasteiger partial charge >= 0.3 is 0 Å². The first-order valence-corrected chi connectivity index (χ1v) is 16.0. The van der Waals surface area contributed by atoms with Gasteiger partial charge in [0.1, 0.15) is 5.82 Å². The minimum absolute atomic E-state index is 0.0127. The summed E-state index contributed by atoms with van der Waals surface area (Å²) < 4.78 is 31.8. The van der Waals surface area contributed by atoms with Crippen LogP contribution in [0.25, 0.3) is 0 Å². The van der Waals surface area contributed by atoms with Gasteiger partial charge in [0.25, 0.3) is 0 Å². The maximum atomic E-state index is 14.0. The number of rotatable bonds is 9. The van der Waals surface area contributed by atoms with Crippen molar-refractivity contribution in [2.24, 2.45) is 7.05 Å². The Morgan fingerprint density at radius 1 is 1.10 bits per heavy atom. The van der Waals surface area contributed by atoms with Gasteiger partial charge in [-0.05, 0) is 77.6 Å². The maximum absolute atomic E-state index is 14.0. The maximum Gasteiger partial charge on any atom is 0.241 e. The Morgan fingerprint density at radius 2 is 1.86 bits per heavy atom. The van der Waals surface area contributed by atoms with Crippen LogP contribution in [0.15, 0.2) is 90.1 Å². The van der Waals surface area contributed by atoms with E-state index in [0.29, 0.717) is 19.4 Å². The SMILES string of the molecule is Cc1cccc(S(=O)(=O)N[C@@H]2CCC(C)(C)c3ccc(N(Cc4nccn4C)C(=O)C[C@H](C)c4ccccc4)cc32)c1. The molecule has 0 saturated carbocycles. The van der Waals surface area contributed by atoms with Crippen molar-refractivity contribution in [3.63, 3.8) is 0 Å². The molecule has 0 unspecified atom stereocenters. The zero-order valence-corrected chi connectivity index (χ0v) is 25.9. The number of hydrogen-bond acceptors (Lipinski definition) is 4. The number of aromatic nitrogens is 2. The van der Waals surface area contributed by atoms with Gasteiger partial charge in [0.2, 0.25) is 15.9 Å². The van der Waals surface area contributed by atoms with E-state index >= 15 is 0 Å². The standard InChI is InChI=1S/C34H40N4O3S/c1-24-10-9-13-28(20-24)42(40,41)36-31-16-17-34(3,4)30-15-14-27(22-29(30)31)38(23-32-35-18-19-37(32)5)33(39)21-25(2)26-11-7-6-8-12-26/h6-15,18-20,22,25,31,36H,16-17,21,23H2,1-5H3/t25-,31+/m0/s1. The number of carbonyl (C=O) groups is 1. The fourth-order valence-electron chi connectivity index (χ4n) is 5.86. The monoisotopic (exact) mass is 584 g/mol. The van der Waals surface area contributed by atoms with Crippen molar-refractivity contribution in [3.8, 4) is 0 Å². The summed E-state index contributed by atoms with van der Waals surface area (Å²) in [7, 11) is -1.83. The molecule has 1 N–H and O–H groups in total. The number of amides is 1. The minimum atomic E-state index is -3.75. The molecule has 5 rings (SSSR count). The highest BCUT2D eigenvalue weighted by Gasteiger charge is 2.35. The van der Waals surface area contributed by atoms with Crippen molar-refractivity contribution >= 4 is 21.6 Å². The summed E-state index contributed by atoms with van der Waals surface area (Å²) >= 11 is 0. The third kappa shape index (κ3) is 6.35. The van der Waals surface area contributed by atoms with Crippen LogP contribution in [0.2, 0.25) is 0 Å². The number of aryl methyl sites for hydroxylation is 2. The Balaban J connectivity index is 1.52. The molecule has 0 saturated heterocycles. The Hall–Kier alpha value is -3.75. The number of fused-ring (bicyclic) bond motifs is 1. The van der Waals surface area contributed by atoms with Gasteiger partial charge in [0.15, 0.2) is 0 Å². The highest BCUT2D eigenvalue weighted by Crippen LogP contribution is 2.43. The second-order valence-corrected chi connectivity index (χ2v) is 13.8. The normalized spacial score (nSPS) is 16.9. The topological polar surface area (TPSA) is 84.3 Å². The van der Waals surface area contributed by atoms with E-state index in [2.05, 4.69) is 36.5 Å². The van der Waals surface area contributed by atoms with Gasteiger partial charge in [0, 0.05) is 37.6 Å². The van der Waals surface area contributed by atoms with Crippen LogP contribution in [0.5, 0.6) is 0 Å². The van der Waals surface area contributed by atoms with E-state index in [1.165, 1.54) is 0 Å². The lowest BCUT2D eigenvalue weighted by Gasteiger charge is -2.38. The van der Waals surface area contributed by atoms with Crippen molar-refractivity contribution in [2.75, 3.05) is 4.90 Å². The Labute approximate surface area is 249 Å². The van der Waals surface area contributed by atoms with E-state index in [-0.39, 0.29) is 22.1 Å². The summed E-state index contributed by atoms with van der Waals surface area (Å²) in [5.74, 6) is 0.791. The molecule has 2 atom stereocenters. The number of hydrogen-bond donors (Lipinski definition) is 1. The first-order chi connectivity index (χ1) is 19.9. The molecule has 0 fully saturated rings. The van der Waals surface area contributed by atoms with Crippen LogP contribution in [0.4, 0.5) is 5.69 Å². The summed E-state index contributed by atoms with van der Waals surface area (Å²) in [6.45, 7) is 8.64.